The molecule has 1 fully saturated rings. The fraction of sp³-hybridized carbons (Fsp3) is 0.429. The van der Waals surface area contributed by atoms with Gasteiger partial charge in [-0.2, -0.15) is 8.78 Å². The SMILES string of the molecule is O=C(O)C1CCN(C(=O)Nc2cc(F)c(OC(F)F)cc2F)CC1. The lowest BCUT2D eigenvalue weighted by Gasteiger charge is -2.30. The Morgan fingerprint density at radius 3 is 2.38 bits per heavy atom. The molecule has 2 N–H and O–H groups in total. The van der Waals surface area contributed by atoms with Crippen LogP contribution in [0.5, 0.6) is 5.75 Å². The summed E-state index contributed by atoms with van der Waals surface area (Å²) in [5.41, 5.74) is -0.528. The molecule has 6 nitrogen and oxygen atoms in total. The van der Waals surface area contributed by atoms with Crippen LogP contribution < -0.4 is 10.1 Å². The first-order chi connectivity index (χ1) is 11.3. The summed E-state index contributed by atoms with van der Waals surface area (Å²) >= 11 is 0. The van der Waals surface area contributed by atoms with Crippen molar-refractivity contribution < 1.29 is 37.0 Å². The molecule has 0 radical (unpaired) electrons. The molecule has 24 heavy (non-hydrogen) atoms. The monoisotopic (exact) mass is 350 g/mol. The van der Waals surface area contributed by atoms with Crippen molar-refractivity contribution in [2.45, 2.75) is 19.5 Å². The highest BCUT2D eigenvalue weighted by Gasteiger charge is 2.27. The second-order valence-electron chi connectivity index (χ2n) is 5.17. The number of hydrogen-bond acceptors (Lipinski definition) is 3. The molecule has 10 heteroatoms. The van der Waals surface area contributed by atoms with Gasteiger partial charge in [-0.1, -0.05) is 0 Å². The first-order valence-electron chi connectivity index (χ1n) is 7.00. The van der Waals surface area contributed by atoms with Crippen LogP contribution >= 0.6 is 0 Å². The number of carbonyl (C=O) groups is 2. The normalized spacial score (nSPS) is 15.5. The smallest absolute Gasteiger partial charge is 0.387 e. The van der Waals surface area contributed by atoms with E-state index in [2.05, 4.69) is 10.1 Å². The molecule has 0 bridgehead atoms. The number of urea groups is 1. The van der Waals surface area contributed by atoms with Crippen LogP contribution in [0.1, 0.15) is 12.8 Å². The van der Waals surface area contributed by atoms with E-state index in [9.17, 15) is 27.2 Å². The van der Waals surface area contributed by atoms with E-state index < -0.39 is 47.6 Å². The molecule has 0 aliphatic carbocycles. The molecule has 0 spiro atoms. The van der Waals surface area contributed by atoms with Crippen molar-refractivity contribution in [3.63, 3.8) is 0 Å². The number of hydrogen-bond donors (Lipinski definition) is 2. The van der Waals surface area contributed by atoms with Crippen molar-refractivity contribution in [1.82, 2.24) is 4.90 Å². The van der Waals surface area contributed by atoms with Crippen LogP contribution in [0.25, 0.3) is 0 Å². The Morgan fingerprint density at radius 2 is 1.83 bits per heavy atom. The Morgan fingerprint density at radius 1 is 1.21 bits per heavy atom. The summed E-state index contributed by atoms with van der Waals surface area (Å²) in [7, 11) is 0. The number of carbonyl (C=O) groups excluding carboxylic acids is 1. The predicted molar refractivity (Wildman–Crippen MR) is 73.9 cm³/mol. The summed E-state index contributed by atoms with van der Waals surface area (Å²) in [5, 5.41) is 11.0. The lowest BCUT2D eigenvalue weighted by Crippen LogP contribution is -2.42. The predicted octanol–water partition coefficient (Wildman–Crippen LogP) is 2.89. The molecule has 0 atom stereocenters. The number of halogens is 4. The molecule has 1 heterocycles. The highest BCUT2D eigenvalue weighted by Crippen LogP contribution is 2.27. The number of carboxylic acid groups (broad SMARTS) is 1. The summed E-state index contributed by atoms with van der Waals surface area (Å²) in [4.78, 5) is 24.1. The number of rotatable bonds is 4. The van der Waals surface area contributed by atoms with E-state index in [0.717, 1.165) is 0 Å². The zero-order valence-corrected chi connectivity index (χ0v) is 12.3. The van der Waals surface area contributed by atoms with Crippen LogP contribution in [0.3, 0.4) is 0 Å². The number of carboxylic acids is 1. The molecule has 1 aromatic carbocycles. The average molecular weight is 350 g/mol. The van der Waals surface area contributed by atoms with E-state index in [0.29, 0.717) is 12.1 Å². The molecule has 0 saturated carbocycles. The third-order valence-electron chi connectivity index (χ3n) is 3.61. The topological polar surface area (TPSA) is 78.9 Å². The van der Waals surface area contributed by atoms with Gasteiger partial charge in [-0.05, 0) is 12.8 Å². The summed E-state index contributed by atoms with van der Waals surface area (Å²) in [6, 6.07) is 0.211. The number of nitrogens with one attached hydrogen (secondary N) is 1. The molecule has 1 saturated heterocycles. The number of aliphatic carboxylic acids is 1. The van der Waals surface area contributed by atoms with Crippen LogP contribution in [-0.2, 0) is 4.79 Å². The lowest BCUT2D eigenvalue weighted by atomic mass is 9.97. The van der Waals surface area contributed by atoms with Crippen molar-refractivity contribution >= 4 is 17.7 Å². The minimum absolute atomic E-state index is 0.152. The van der Waals surface area contributed by atoms with E-state index in [1.165, 1.54) is 4.90 Å². The summed E-state index contributed by atoms with van der Waals surface area (Å²) in [5.74, 6) is -4.85. The highest BCUT2D eigenvalue weighted by molar-refractivity contribution is 5.89. The first kappa shape index (κ1) is 17.8. The standard InChI is InChI=1S/C14H14F4N2O4/c15-8-6-11(24-13(17)18)9(16)5-10(8)19-14(23)20-3-1-7(2-4-20)12(21)22/h5-7,13H,1-4H2,(H,19,23)(H,21,22). The number of anilines is 1. The zero-order chi connectivity index (χ0) is 17.9. The van der Waals surface area contributed by atoms with Crippen molar-refractivity contribution in [1.29, 1.82) is 0 Å². The molecule has 2 rings (SSSR count). The second-order valence-corrected chi connectivity index (χ2v) is 5.17. The van der Waals surface area contributed by atoms with Gasteiger partial charge in [-0.25, -0.2) is 13.6 Å². The van der Waals surface area contributed by atoms with Gasteiger partial charge in [0, 0.05) is 25.2 Å². The third kappa shape index (κ3) is 4.27. The number of amides is 2. The van der Waals surface area contributed by atoms with Crippen molar-refractivity contribution in [2.24, 2.45) is 5.92 Å². The minimum atomic E-state index is -3.31. The summed E-state index contributed by atoms with van der Waals surface area (Å²) < 4.78 is 55.2. The Bertz CT molecular complexity index is 633. The Labute approximate surface area is 134 Å². The fourth-order valence-corrected chi connectivity index (χ4v) is 2.33. The van der Waals surface area contributed by atoms with Gasteiger partial charge in [0.1, 0.15) is 0 Å². The second kappa shape index (κ2) is 7.37. The van der Waals surface area contributed by atoms with Gasteiger partial charge in [0.15, 0.2) is 17.4 Å². The van der Waals surface area contributed by atoms with Gasteiger partial charge in [0.2, 0.25) is 0 Å². The Kier molecular flexibility index (Phi) is 5.47. The molecule has 0 unspecified atom stereocenters. The molecule has 132 valence electrons. The number of likely N-dealkylation sites (tertiary alicyclic amines) is 1. The molecule has 1 aliphatic rings. The molecule has 0 aromatic heterocycles. The van der Waals surface area contributed by atoms with Crippen molar-refractivity contribution in [3.8, 4) is 5.75 Å². The molecule has 1 aromatic rings. The van der Waals surface area contributed by atoms with E-state index in [1.807, 2.05) is 0 Å². The minimum Gasteiger partial charge on any atom is -0.481 e. The zero-order valence-electron chi connectivity index (χ0n) is 12.3. The van der Waals surface area contributed by atoms with E-state index >= 15 is 0 Å². The number of ether oxygens (including phenoxy) is 1. The number of alkyl halides is 2. The van der Waals surface area contributed by atoms with Crippen LogP contribution in [0.15, 0.2) is 12.1 Å². The third-order valence-corrected chi connectivity index (χ3v) is 3.61. The molecular formula is C14H14F4N2O4. The van der Waals surface area contributed by atoms with Gasteiger partial charge in [-0.3, -0.25) is 4.79 Å². The quantitative estimate of drug-likeness (QED) is 0.819. The Balaban J connectivity index is 2.02. The van der Waals surface area contributed by atoms with Gasteiger partial charge in [-0.15, -0.1) is 0 Å². The van der Waals surface area contributed by atoms with E-state index in [-0.39, 0.29) is 25.9 Å². The van der Waals surface area contributed by atoms with E-state index in [1.54, 1.807) is 0 Å². The van der Waals surface area contributed by atoms with Gasteiger partial charge < -0.3 is 20.1 Å². The van der Waals surface area contributed by atoms with Gasteiger partial charge in [0.25, 0.3) is 0 Å². The summed E-state index contributed by atoms with van der Waals surface area (Å²) in [6.45, 7) is -3.01. The lowest BCUT2D eigenvalue weighted by molar-refractivity contribution is -0.143. The van der Waals surface area contributed by atoms with Gasteiger partial charge >= 0.3 is 18.6 Å². The summed E-state index contributed by atoms with van der Waals surface area (Å²) in [6.07, 6.45) is 0.502. The highest BCUT2D eigenvalue weighted by atomic mass is 19.3. The Hall–Kier alpha value is -2.52. The number of nitrogens with zero attached hydrogens (tertiary/aromatic N) is 1. The molecule has 2 amide bonds. The maximum atomic E-state index is 13.8. The molecule has 1 aliphatic heterocycles. The maximum absolute atomic E-state index is 13.8. The maximum Gasteiger partial charge on any atom is 0.387 e. The van der Waals surface area contributed by atoms with Crippen LogP contribution in [0.2, 0.25) is 0 Å². The van der Waals surface area contributed by atoms with Crippen LogP contribution in [0.4, 0.5) is 28.0 Å². The number of benzene rings is 1. The van der Waals surface area contributed by atoms with Crippen LogP contribution in [0, 0.1) is 17.6 Å². The first-order valence-corrected chi connectivity index (χ1v) is 7.00. The van der Waals surface area contributed by atoms with Crippen molar-refractivity contribution in [3.05, 3.63) is 23.8 Å². The van der Waals surface area contributed by atoms with E-state index in [4.69, 9.17) is 5.11 Å². The average Bonchev–Trinajstić information content (AvgIpc) is 2.51. The number of piperidine rings is 1. The van der Waals surface area contributed by atoms with Crippen molar-refractivity contribution in [2.75, 3.05) is 18.4 Å². The fourth-order valence-electron chi connectivity index (χ4n) is 2.33. The van der Waals surface area contributed by atoms with Gasteiger partial charge in [0.05, 0.1) is 11.6 Å². The molecular weight excluding hydrogens is 336 g/mol. The van der Waals surface area contributed by atoms with Crippen LogP contribution in [-0.4, -0.2) is 41.7 Å². The largest absolute Gasteiger partial charge is 0.481 e.